The van der Waals surface area contributed by atoms with Gasteiger partial charge in [0.05, 0.1) is 5.75 Å². The number of rotatable bonds is 6. The summed E-state index contributed by atoms with van der Waals surface area (Å²) in [5.41, 5.74) is 0.566. The molecule has 0 bridgehead atoms. The second-order valence-corrected chi connectivity index (χ2v) is 6.96. The first-order valence-electron chi connectivity index (χ1n) is 6.14. The fourth-order valence-corrected chi connectivity index (χ4v) is 3.38. The highest BCUT2D eigenvalue weighted by Gasteiger charge is 2.08. The predicted molar refractivity (Wildman–Crippen MR) is 80.3 cm³/mol. The number of hydrogen-bond acceptors (Lipinski definition) is 5. The van der Waals surface area contributed by atoms with Crippen LogP contribution in [-0.2, 0) is 10.0 Å². The monoisotopic (exact) mass is 309 g/mol. The first-order chi connectivity index (χ1) is 9.59. The third-order valence-electron chi connectivity index (χ3n) is 2.35. The van der Waals surface area contributed by atoms with E-state index in [4.69, 9.17) is 0 Å². The van der Waals surface area contributed by atoms with Crippen molar-refractivity contribution in [3.8, 4) is 0 Å². The van der Waals surface area contributed by atoms with Crippen LogP contribution in [0, 0.1) is 0 Å². The second-order valence-electron chi connectivity index (χ2n) is 4.08. The van der Waals surface area contributed by atoms with Crippen LogP contribution in [0.5, 0.6) is 0 Å². The molecule has 7 heteroatoms. The lowest BCUT2D eigenvalue weighted by molar-refractivity contribution is 0.600. The zero-order valence-corrected chi connectivity index (χ0v) is 12.6. The van der Waals surface area contributed by atoms with Crippen molar-refractivity contribution in [1.29, 1.82) is 0 Å². The molecule has 0 fully saturated rings. The van der Waals surface area contributed by atoms with Gasteiger partial charge in [-0.25, -0.2) is 18.4 Å². The Kier molecular flexibility index (Phi) is 4.97. The summed E-state index contributed by atoms with van der Waals surface area (Å²) in [6.45, 7) is 1.83. The number of aromatic nitrogens is 2. The smallest absolute Gasteiger partial charge is 0.232 e. The average Bonchev–Trinajstić information content (AvgIpc) is 2.42. The van der Waals surface area contributed by atoms with Crippen LogP contribution in [0.1, 0.15) is 13.3 Å². The van der Waals surface area contributed by atoms with Gasteiger partial charge in [0.15, 0.2) is 5.16 Å². The highest BCUT2D eigenvalue weighted by molar-refractivity contribution is 7.99. The molecule has 1 aromatic carbocycles. The van der Waals surface area contributed by atoms with E-state index >= 15 is 0 Å². The molecular formula is C13H15N3O2S2. The van der Waals surface area contributed by atoms with Crippen molar-refractivity contribution in [3.63, 3.8) is 0 Å². The Morgan fingerprint density at radius 2 is 1.80 bits per heavy atom. The molecule has 0 aliphatic heterocycles. The van der Waals surface area contributed by atoms with Gasteiger partial charge in [-0.1, -0.05) is 6.92 Å². The van der Waals surface area contributed by atoms with E-state index in [2.05, 4.69) is 14.7 Å². The molecule has 106 valence electrons. The zero-order valence-electron chi connectivity index (χ0n) is 11.0. The van der Waals surface area contributed by atoms with Crippen molar-refractivity contribution in [2.75, 3.05) is 10.5 Å². The van der Waals surface area contributed by atoms with E-state index in [0.29, 0.717) is 17.3 Å². The maximum absolute atomic E-state index is 11.6. The predicted octanol–water partition coefficient (Wildman–Crippen LogP) is 2.78. The van der Waals surface area contributed by atoms with Crippen molar-refractivity contribution >= 4 is 27.5 Å². The number of nitrogens with one attached hydrogen (secondary N) is 1. The van der Waals surface area contributed by atoms with E-state index in [1.807, 2.05) is 19.1 Å². The Morgan fingerprint density at radius 3 is 2.40 bits per heavy atom. The summed E-state index contributed by atoms with van der Waals surface area (Å²) in [6.07, 6.45) is 3.96. The maximum atomic E-state index is 11.6. The molecule has 0 unspecified atom stereocenters. The third-order valence-corrected chi connectivity index (χ3v) is 4.75. The van der Waals surface area contributed by atoms with Crippen molar-refractivity contribution in [2.45, 2.75) is 23.4 Å². The molecule has 0 atom stereocenters. The van der Waals surface area contributed by atoms with E-state index in [-0.39, 0.29) is 5.75 Å². The lowest BCUT2D eigenvalue weighted by Gasteiger charge is -2.07. The minimum atomic E-state index is -3.24. The standard InChI is InChI=1S/C13H15N3O2S2/c1-2-10-20(17,18)16-11-4-6-12(7-5-11)19-13-14-8-3-9-15-13/h3-9,16H,2,10H2,1H3. The molecule has 0 spiro atoms. The Hall–Kier alpha value is -1.60. The van der Waals surface area contributed by atoms with E-state index < -0.39 is 10.0 Å². The third kappa shape index (κ3) is 4.50. The quantitative estimate of drug-likeness (QED) is 0.831. The fraction of sp³-hybridized carbons (Fsp3) is 0.231. The van der Waals surface area contributed by atoms with Gasteiger partial charge in [-0.3, -0.25) is 4.72 Å². The lowest BCUT2D eigenvalue weighted by atomic mass is 10.3. The van der Waals surface area contributed by atoms with Crippen LogP contribution >= 0.6 is 11.8 Å². The van der Waals surface area contributed by atoms with Gasteiger partial charge in [0.1, 0.15) is 0 Å². The molecule has 1 heterocycles. The van der Waals surface area contributed by atoms with Crippen LogP contribution in [0.2, 0.25) is 0 Å². The summed E-state index contributed by atoms with van der Waals surface area (Å²) in [6, 6.07) is 8.91. The number of benzene rings is 1. The van der Waals surface area contributed by atoms with E-state index in [1.54, 1.807) is 30.6 Å². The SMILES string of the molecule is CCCS(=O)(=O)Nc1ccc(Sc2ncccn2)cc1. The average molecular weight is 309 g/mol. The first kappa shape index (κ1) is 14.8. The maximum Gasteiger partial charge on any atom is 0.232 e. The molecule has 0 aliphatic rings. The van der Waals surface area contributed by atoms with Gasteiger partial charge < -0.3 is 0 Å². The molecule has 20 heavy (non-hydrogen) atoms. The molecule has 0 aliphatic carbocycles. The number of sulfonamides is 1. The zero-order chi connectivity index (χ0) is 14.4. The van der Waals surface area contributed by atoms with Crippen molar-refractivity contribution in [2.24, 2.45) is 0 Å². The topological polar surface area (TPSA) is 72.0 Å². The van der Waals surface area contributed by atoms with E-state index in [1.165, 1.54) is 11.8 Å². The van der Waals surface area contributed by atoms with E-state index in [9.17, 15) is 8.42 Å². The number of nitrogens with zero attached hydrogens (tertiary/aromatic N) is 2. The molecule has 0 saturated carbocycles. The summed E-state index contributed by atoms with van der Waals surface area (Å²) in [5.74, 6) is 0.126. The van der Waals surface area contributed by atoms with Crippen molar-refractivity contribution in [1.82, 2.24) is 9.97 Å². The Labute approximate surface area is 122 Å². The fourth-order valence-electron chi connectivity index (χ4n) is 1.53. The van der Waals surface area contributed by atoms with Gasteiger partial charge in [-0.2, -0.15) is 0 Å². The van der Waals surface area contributed by atoms with Gasteiger partial charge in [-0.15, -0.1) is 0 Å². The lowest BCUT2D eigenvalue weighted by Crippen LogP contribution is -2.15. The Balaban J connectivity index is 2.03. The molecule has 0 saturated heterocycles. The number of hydrogen-bond donors (Lipinski definition) is 1. The molecule has 0 radical (unpaired) electrons. The minimum absolute atomic E-state index is 0.126. The van der Waals surface area contributed by atoms with Gasteiger partial charge in [0, 0.05) is 23.0 Å². The van der Waals surface area contributed by atoms with Gasteiger partial charge >= 0.3 is 0 Å². The largest absolute Gasteiger partial charge is 0.284 e. The summed E-state index contributed by atoms with van der Waals surface area (Å²) >= 11 is 1.43. The normalized spacial score (nSPS) is 11.2. The van der Waals surface area contributed by atoms with Crippen molar-refractivity contribution in [3.05, 3.63) is 42.7 Å². The molecular weight excluding hydrogens is 294 g/mol. The van der Waals surface area contributed by atoms with Crippen LogP contribution in [0.3, 0.4) is 0 Å². The highest BCUT2D eigenvalue weighted by atomic mass is 32.2. The minimum Gasteiger partial charge on any atom is -0.284 e. The van der Waals surface area contributed by atoms with Crippen LogP contribution in [0.4, 0.5) is 5.69 Å². The summed E-state index contributed by atoms with van der Waals surface area (Å²) in [4.78, 5) is 9.19. The molecule has 2 aromatic rings. The number of anilines is 1. The van der Waals surface area contributed by atoms with Gasteiger partial charge in [0.2, 0.25) is 10.0 Å². The van der Waals surface area contributed by atoms with Gasteiger partial charge in [0.25, 0.3) is 0 Å². The Bertz CT molecular complexity index is 643. The van der Waals surface area contributed by atoms with Crippen LogP contribution in [0.25, 0.3) is 0 Å². The molecule has 0 amide bonds. The van der Waals surface area contributed by atoms with Crippen LogP contribution in [0.15, 0.2) is 52.8 Å². The van der Waals surface area contributed by atoms with Crippen molar-refractivity contribution < 1.29 is 8.42 Å². The van der Waals surface area contributed by atoms with Crippen LogP contribution < -0.4 is 4.72 Å². The van der Waals surface area contributed by atoms with E-state index in [0.717, 1.165) is 4.90 Å². The summed E-state index contributed by atoms with van der Waals surface area (Å²) < 4.78 is 25.8. The second kappa shape index (κ2) is 6.71. The highest BCUT2D eigenvalue weighted by Crippen LogP contribution is 2.25. The molecule has 1 N–H and O–H groups in total. The Morgan fingerprint density at radius 1 is 1.15 bits per heavy atom. The molecule has 5 nitrogen and oxygen atoms in total. The summed E-state index contributed by atoms with van der Waals surface area (Å²) in [7, 11) is -3.24. The molecule has 1 aromatic heterocycles. The van der Waals surface area contributed by atoms with Crippen LogP contribution in [-0.4, -0.2) is 24.1 Å². The first-order valence-corrected chi connectivity index (χ1v) is 8.61. The molecule has 2 rings (SSSR count). The summed E-state index contributed by atoms with van der Waals surface area (Å²) in [5, 5.41) is 0.659. The van der Waals surface area contributed by atoms with Gasteiger partial charge in [-0.05, 0) is 48.5 Å².